The number of hydrogen-bond acceptors (Lipinski definition) is 2. The standard InChI is InChI=1S/C13H21NO/c1-2-13-6-3-8-14-9-5-10(12(13)14)11(15)4-7-13/h10,12H,2-9H2,1H3/t10-,12-,13+/m0/s1. The van der Waals surface area contributed by atoms with Gasteiger partial charge in [-0.3, -0.25) is 9.69 Å². The largest absolute Gasteiger partial charge is 0.299 e. The molecule has 0 spiro atoms. The van der Waals surface area contributed by atoms with Crippen LogP contribution in [-0.2, 0) is 4.79 Å². The number of hydrogen-bond donors (Lipinski definition) is 0. The van der Waals surface area contributed by atoms with E-state index in [9.17, 15) is 4.79 Å². The Kier molecular flexibility index (Phi) is 2.17. The lowest BCUT2D eigenvalue weighted by Crippen LogP contribution is -2.55. The minimum absolute atomic E-state index is 0.402. The van der Waals surface area contributed by atoms with Crippen LogP contribution in [0.1, 0.15) is 45.4 Å². The summed E-state index contributed by atoms with van der Waals surface area (Å²) in [5.41, 5.74) is 0.507. The van der Waals surface area contributed by atoms with E-state index in [1.807, 2.05) is 0 Å². The molecule has 3 aliphatic rings. The number of piperidine rings is 1. The molecule has 3 fully saturated rings. The Morgan fingerprint density at radius 2 is 2.27 bits per heavy atom. The molecule has 84 valence electrons. The Hall–Kier alpha value is -0.370. The minimum Gasteiger partial charge on any atom is -0.299 e. The summed E-state index contributed by atoms with van der Waals surface area (Å²) in [5.74, 6) is 0.965. The number of Topliss-reactive ketones (excluding diaryl/α,β-unsaturated/α-hetero) is 1. The SMILES string of the molecule is CC[C@@]12CCCN3CC[C@@H](C(=O)CC1)[C@H]32. The summed E-state index contributed by atoms with van der Waals surface area (Å²) >= 11 is 0. The van der Waals surface area contributed by atoms with E-state index in [0.717, 1.165) is 12.8 Å². The third-order valence-electron chi connectivity index (χ3n) is 5.24. The first-order chi connectivity index (χ1) is 7.27. The van der Waals surface area contributed by atoms with E-state index in [1.165, 1.54) is 38.8 Å². The predicted molar refractivity (Wildman–Crippen MR) is 59.7 cm³/mol. The van der Waals surface area contributed by atoms with Crippen molar-refractivity contribution in [1.82, 2.24) is 4.90 Å². The molecule has 0 aromatic carbocycles. The Morgan fingerprint density at radius 3 is 3.07 bits per heavy atom. The molecule has 2 heteroatoms. The van der Waals surface area contributed by atoms with E-state index >= 15 is 0 Å². The van der Waals surface area contributed by atoms with Gasteiger partial charge in [0.2, 0.25) is 0 Å². The Morgan fingerprint density at radius 1 is 1.40 bits per heavy atom. The molecule has 1 saturated carbocycles. The third-order valence-corrected chi connectivity index (χ3v) is 5.24. The van der Waals surface area contributed by atoms with Gasteiger partial charge < -0.3 is 0 Å². The minimum atomic E-state index is 0.402. The number of nitrogens with zero attached hydrogens (tertiary/aromatic N) is 1. The second-order valence-electron chi connectivity index (χ2n) is 5.66. The smallest absolute Gasteiger partial charge is 0.137 e. The van der Waals surface area contributed by atoms with Gasteiger partial charge in [-0.1, -0.05) is 6.92 Å². The Balaban J connectivity index is 1.97. The van der Waals surface area contributed by atoms with Crippen molar-refractivity contribution in [1.29, 1.82) is 0 Å². The predicted octanol–water partition coefficient (Wildman–Crippen LogP) is 2.23. The Bertz CT molecular complexity index is 288. The van der Waals surface area contributed by atoms with Crippen molar-refractivity contribution >= 4 is 5.78 Å². The van der Waals surface area contributed by atoms with Crippen molar-refractivity contribution in [2.45, 2.75) is 51.5 Å². The van der Waals surface area contributed by atoms with Gasteiger partial charge in [0.05, 0.1) is 0 Å². The van der Waals surface area contributed by atoms with Gasteiger partial charge in [0.1, 0.15) is 5.78 Å². The van der Waals surface area contributed by atoms with Crippen LogP contribution < -0.4 is 0 Å². The summed E-state index contributed by atoms with van der Waals surface area (Å²) in [7, 11) is 0. The lowest BCUT2D eigenvalue weighted by molar-refractivity contribution is -0.132. The molecule has 2 aliphatic heterocycles. The van der Waals surface area contributed by atoms with E-state index in [4.69, 9.17) is 0 Å². The molecular formula is C13H21NO. The summed E-state index contributed by atoms with van der Waals surface area (Å²) in [6.07, 6.45) is 7.17. The molecule has 0 aromatic rings. The summed E-state index contributed by atoms with van der Waals surface area (Å²) in [5, 5.41) is 0. The van der Waals surface area contributed by atoms with Crippen molar-refractivity contribution in [2.75, 3.05) is 13.1 Å². The summed E-state index contributed by atoms with van der Waals surface area (Å²) < 4.78 is 0. The van der Waals surface area contributed by atoms with Crippen LogP contribution >= 0.6 is 0 Å². The van der Waals surface area contributed by atoms with Gasteiger partial charge >= 0.3 is 0 Å². The van der Waals surface area contributed by atoms with Crippen LogP contribution in [0.5, 0.6) is 0 Å². The summed E-state index contributed by atoms with van der Waals surface area (Å²) in [4.78, 5) is 14.6. The molecule has 0 N–H and O–H groups in total. The molecule has 15 heavy (non-hydrogen) atoms. The highest BCUT2D eigenvalue weighted by atomic mass is 16.1. The maximum Gasteiger partial charge on any atom is 0.137 e. The van der Waals surface area contributed by atoms with E-state index < -0.39 is 0 Å². The molecule has 0 bridgehead atoms. The number of rotatable bonds is 1. The summed E-state index contributed by atoms with van der Waals surface area (Å²) in [6.45, 7) is 4.76. The normalized spacial score (nSPS) is 45.5. The van der Waals surface area contributed by atoms with Crippen LogP contribution in [-0.4, -0.2) is 29.8 Å². The van der Waals surface area contributed by atoms with Crippen molar-refractivity contribution in [3.05, 3.63) is 0 Å². The molecule has 0 amide bonds. The quantitative estimate of drug-likeness (QED) is 0.657. The molecule has 2 saturated heterocycles. The van der Waals surface area contributed by atoms with E-state index in [2.05, 4.69) is 11.8 Å². The first kappa shape index (κ1) is 9.83. The molecule has 0 aromatic heterocycles. The zero-order chi connectivity index (χ0) is 10.5. The van der Waals surface area contributed by atoms with Gasteiger partial charge in [0.25, 0.3) is 0 Å². The van der Waals surface area contributed by atoms with Crippen LogP contribution in [0.15, 0.2) is 0 Å². The molecule has 0 radical (unpaired) electrons. The van der Waals surface area contributed by atoms with Gasteiger partial charge in [-0.15, -0.1) is 0 Å². The zero-order valence-corrected chi connectivity index (χ0v) is 9.67. The van der Waals surface area contributed by atoms with Gasteiger partial charge in [0, 0.05) is 18.4 Å². The van der Waals surface area contributed by atoms with Crippen LogP contribution in [0.3, 0.4) is 0 Å². The van der Waals surface area contributed by atoms with Crippen LogP contribution in [0.4, 0.5) is 0 Å². The number of carbonyl (C=O) groups excluding carboxylic acids is 1. The molecule has 3 atom stereocenters. The van der Waals surface area contributed by atoms with Crippen LogP contribution in [0, 0.1) is 11.3 Å². The van der Waals surface area contributed by atoms with E-state index in [0.29, 0.717) is 23.2 Å². The molecular weight excluding hydrogens is 186 g/mol. The highest BCUT2D eigenvalue weighted by Gasteiger charge is 2.54. The monoisotopic (exact) mass is 207 g/mol. The first-order valence-electron chi connectivity index (χ1n) is 6.54. The zero-order valence-electron chi connectivity index (χ0n) is 9.67. The van der Waals surface area contributed by atoms with Crippen LogP contribution in [0.2, 0.25) is 0 Å². The second-order valence-corrected chi connectivity index (χ2v) is 5.66. The Labute approximate surface area is 92.0 Å². The molecule has 0 unspecified atom stereocenters. The van der Waals surface area contributed by atoms with Gasteiger partial charge in [-0.05, 0) is 50.6 Å². The van der Waals surface area contributed by atoms with Crippen molar-refractivity contribution in [3.63, 3.8) is 0 Å². The molecule has 1 aliphatic carbocycles. The lowest BCUT2D eigenvalue weighted by Gasteiger charge is -2.51. The fraction of sp³-hybridized carbons (Fsp3) is 0.923. The number of carbonyl (C=O) groups is 1. The van der Waals surface area contributed by atoms with Crippen molar-refractivity contribution in [3.8, 4) is 0 Å². The third kappa shape index (κ3) is 1.24. The first-order valence-corrected chi connectivity index (χ1v) is 6.54. The molecule has 3 rings (SSSR count). The number of ketones is 1. The fourth-order valence-electron chi connectivity index (χ4n) is 4.43. The highest BCUT2D eigenvalue weighted by molar-refractivity contribution is 5.83. The maximum absolute atomic E-state index is 11.9. The summed E-state index contributed by atoms with van der Waals surface area (Å²) in [6, 6.07) is 0.623. The van der Waals surface area contributed by atoms with Gasteiger partial charge in [-0.2, -0.15) is 0 Å². The average molecular weight is 207 g/mol. The van der Waals surface area contributed by atoms with Crippen molar-refractivity contribution in [2.24, 2.45) is 11.3 Å². The van der Waals surface area contributed by atoms with Gasteiger partial charge in [0.15, 0.2) is 0 Å². The van der Waals surface area contributed by atoms with E-state index in [1.54, 1.807) is 0 Å². The fourth-order valence-corrected chi connectivity index (χ4v) is 4.43. The molecule has 2 nitrogen and oxygen atoms in total. The van der Waals surface area contributed by atoms with E-state index in [-0.39, 0.29) is 0 Å². The second kappa shape index (κ2) is 3.31. The topological polar surface area (TPSA) is 20.3 Å². The van der Waals surface area contributed by atoms with Gasteiger partial charge in [-0.25, -0.2) is 0 Å². The molecule has 2 heterocycles. The van der Waals surface area contributed by atoms with Crippen LogP contribution in [0.25, 0.3) is 0 Å². The van der Waals surface area contributed by atoms with Crippen molar-refractivity contribution < 1.29 is 4.79 Å². The maximum atomic E-state index is 11.9. The highest BCUT2D eigenvalue weighted by Crippen LogP contribution is 2.52. The lowest BCUT2D eigenvalue weighted by atomic mass is 9.61. The average Bonchev–Trinajstić information content (AvgIpc) is 2.70.